The van der Waals surface area contributed by atoms with Gasteiger partial charge in [-0.2, -0.15) is 4.98 Å². The van der Waals surface area contributed by atoms with Gasteiger partial charge in [0.05, 0.1) is 16.5 Å². The van der Waals surface area contributed by atoms with E-state index in [0.29, 0.717) is 16.7 Å². The Kier molecular flexibility index (Phi) is 9.31. The Morgan fingerprint density at radius 1 is 0.725 bits per heavy atom. The van der Waals surface area contributed by atoms with Crippen LogP contribution in [0, 0.1) is 0 Å². The molecule has 1 aliphatic rings. The minimum absolute atomic E-state index is 0.0788. The van der Waals surface area contributed by atoms with Crippen molar-refractivity contribution in [1.82, 2.24) is 14.1 Å². The van der Waals surface area contributed by atoms with Crippen molar-refractivity contribution in [3.63, 3.8) is 0 Å². The molecule has 51 heavy (non-hydrogen) atoms. The fourth-order valence-corrected chi connectivity index (χ4v) is 5.86. The van der Waals surface area contributed by atoms with Crippen LogP contribution >= 0.6 is 0 Å². The second kappa shape index (κ2) is 14.4. The summed E-state index contributed by atoms with van der Waals surface area (Å²) >= 11 is 0. The van der Waals surface area contributed by atoms with Crippen molar-refractivity contribution in [3.8, 4) is 0 Å². The van der Waals surface area contributed by atoms with Crippen molar-refractivity contribution < 1.29 is 33.4 Å². The van der Waals surface area contributed by atoms with E-state index in [1.807, 2.05) is 0 Å². The Labute approximate surface area is 290 Å². The number of benzene rings is 4. The zero-order valence-corrected chi connectivity index (χ0v) is 27.0. The first-order valence-electron chi connectivity index (χ1n) is 16.1. The lowest BCUT2D eigenvalue weighted by molar-refractivity contribution is -0.0562. The van der Waals surface area contributed by atoms with Crippen LogP contribution in [0.2, 0.25) is 0 Å². The maximum absolute atomic E-state index is 13.7. The van der Waals surface area contributed by atoms with Gasteiger partial charge in [-0.1, -0.05) is 72.8 Å². The fourth-order valence-electron chi connectivity index (χ4n) is 5.86. The van der Waals surface area contributed by atoms with Gasteiger partial charge in [-0.3, -0.25) is 9.59 Å². The summed E-state index contributed by atoms with van der Waals surface area (Å²) < 4.78 is 20.2. The molecule has 2 aromatic heterocycles. The second-order valence-electron chi connectivity index (χ2n) is 11.7. The number of nitrogens with zero attached hydrogens (tertiary/aromatic N) is 3. The third-order valence-corrected chi connectivity index (χ3v) is 8.40. The Balaban J connectivity index is 1.24. The molecule has 0 unspecified atom stereocenters. The highest BCUT2D eigenvalue weighted by atomic mass is 16.6. The van der Waals surface area contributed by atoms with Gasteiger partial charge in [-0.15, -0.1) is 0 Å². The third kappa shape index (κ3) is 6.94. The molecular formula is C39H30N4O8. The molecule has 0 saturated carbocycles. The molecular weight excluding hydrogens is 652 g/mol. The number of fused-ring (bicyclic) bond motifs is 1. The van der Waals surface area contributed by atoms with E-state index in [1.54, 1.807) is 138 Å². The molecule has 0 radical (unpaired) electrons. The predicted octanol–water partition coefficient (Wildman–Crippen LogP) is 5.51. The number of hydrogen-bond acceptors (Lipinski definition) is 9. The number of esters is 2. The van der Waals surface area contributed by atoms with E-state index in [0.717, 1.165) is 4.57 Å². The van der Waals surface area contributed by atoms with Crippen LogP contribution in [-0.4, -0.2) is 56.7 Å². The molecule has 6 aromatic rings. The molecule has 3 heterocycles. The summed E-state index contributed by atoms with van der Waals surface area (Å²) in [5.41, 5.74) is 0.376. The number of anilines is 1. The van der Waals surface area contributed by atoms with E-state index >= 15 is 0 Å². The first-order valence-corrected chi connectivity index (χ1v) is 16.1. The highest BCUT2D eigenvalue weighted by molar-refractivity contribution is 6.10. The number of nitrogens with one attached hydrogen (secondary N) is 1. The lowest BCUT2D eigenvalue weighted by Gasteiger charge is -2.19. The van der Waals surface area contributed by atoms with Gasteiger partial charge in [-0.25, -0.2) is 19.0 Å². The third-order valence-electron chi connectivity index (χ3n) is 8.40. The standard InChI is InChI=1S/C39H30N4O8/c44-35(25-13-5-1-6-14-25)40-34-29-21-22-42(33(29)41-39(48)43(34)36(45)26-15-7-2-8-16-26)32-23-30(51-38(47)28-19-11-4-12-20-28)31(50-32)24-49-37(46)27-17-9-3-10-18-27/h1-22,30-32H,23-24H2,(H,40,44)/t30-,31+,32+/m0/s1. The van der Waals surface area contributed by atoms with Gasteiger partial charge in [0.15, 0.2) is 5.65 Å². The summed E-state index contributed by atoms with van der Waals surface area (Å²) in [6, 6.07) is 35.0. The van der Waals surface area contributed by atoms with Gasteiger partial charge in [-0.05, 0) is 54.6 Å². The van der Waals surface area contributed by atoms with E-state index in [2.05, 4.69) is 10.3 Å². The Hall–Kier alpha value is -6.66. The second-order valence-corrected chi connectivity index (χ2v) is 11.7. The molecule has 1 saturated heterocycles. The predicted molar refractivity (Wildman–Crippen MR) is 185 cm³/mol. The van der Waals surface area contributed by atoms with Gasteiger partial charge < -0.3 is 24.1 Å². The van der Waals surface area contributed by atoms with Crippen LogP contribution in [0.3, 0.4) is 0 Å². The number of rotatable bonds is 9. The smallest absolute Gasteiger partial charge is 0.358 e. The van der Waals surface area contributed by atoms with Crippen LogP contribution in [0.25, 0.3) is 11.0 Å². The van der Waals surface area contributed by atoms with Crippen LogP contribution in [0.4, 0.5) is 5.82 Å². The SMILES string of the molecule is O=C(Nc1c2ccn([C@H]3C[C@H](OC(=O)c4ccccc4)[C@@H](COC(=O)c4ccccc4)O3)c2nc(=O)n1C(=O)c1ccccc1)c1ccccc1. The van der Waals surface area contributed by atoms with Crippen LogP contribution in [0.1, 0.15) is 54.1 Å². The van der Waals surface area contributed by atoms with E-state index < -0.39 is 47.9 Å². The van der Waals surface area contributed by atoms with Crippen LogP contribution in [-0.2, 0) is 14.2 Å². The molecule has 1 aliphatic heterocycles. The number of carbonyl (C=O) groups excluding carboxylic acids is 4. The highest BCUT2D eigenvalue weighted by Crippen LogP contribution is 2.35. The molecule has 1 amide bonds. The monoisotopic (exact) mass is 682 g/mol. The number of ether oxygens (including phenoxy) is 3. The summed E-state index contributed by atoms with van der Waals surface area (Å²) in [6.45, 7) is -0.236. The molecule has 12 nitrogen and oxygen atoms in total. The minimum atomic E-state index is -0.932. The number of amides is 1. The fraction of sp³-hybridized carbons (Fsp3) is 0.128. The van der Waals surface area contributed by atoms with Crippen LogP contribution in [0.15, 0.2) is 138 Å². The van der Waals surface area contributed by atoms with Crippen molar-refractivity contribution >= 4 is 40.6 Å². The van der Waals surface area contributed by atoms with E-state index in [-0.39, 0.29) is 35.4 Å². The molecule has 4 aromatic carbocycles. The highest BCUT2D eigenvalue weighted by Gasteiger charge is 2.41. The molecule has 254 valence electrons. The zero-order chi connectivity index (χ0) is 35.3. The summed E-state index contributed by atoms with van der Waals surface area (Å²) in [5, 5.41) is 3.04. The maximum atomic E-state index is 13.7. The molecule has 7 rings (SSSR count). The average molecular weight is 683 g/mol. The van der Waals surface area contributed by atoms with E-state index in [4.69, 9.17) is 14.2 Å². The first-order chi connectivity index (χ1) is 24.9. The largest absolute Gasteiger partial charge is 0.459 e. The lowest BCUT2D eigenvalue weighted by Crippen LogP contribution is -2.33. The van der Waals surface area contributed by atoms with Crippen LogP contribution in [0.5, 0.6) is 0 Å². The number of hydrogen-bond donors (Lipinski definition) is 1. The van der Waals surface area contributed by atoms with Crippen molar-refractivity contribution in [2.24, 2.45) is 0 Å². The van der Waals surface area contributed by atoms with Gasteiger partial charge in [0.25, 0.3) is 11.8 Å². The maximum Gasteiger partial charge on any atom is 0.358 e. The van der Waals surface area contributed by atoms with E-state index in [1.165, 1.54) is 0 Å². The summed E-state index contributed by atoms with van der Waals surface area (Å²) in [7, 11) is 0. The quantitative estimate of drug-likeness (QED) is 0.195. The summed E-state index contributed by atoms with van der Waals surface area (Å²) in [6.07, 6.45) is -0.881. The molecule has 1 fully saturated rings. The first kappa shape index (κ1) is 32.9. The molecule has 3 atom stereocenters. The van der Waals surface area contributed by atoms with Crippen molar-refractivity contribution in [3.05, 3.63) is 166 Å². The van der Waals surface area contributed by atoms with Gasteiger partial charge >= 0.3 is 17.6 Å². The Bertz CT molecular complexity index is 2270. The van der Waals surface area contributed by atoms with Crippen molar-refractivity contribution in [1.29, 1.82) is 0 Å². The zero-order valence-electron chi connectivity index (χ0n) is 27.0. The van der Waals surface area contributed by atoms with Crippen molar-refractivity contribution in [2.75, 3.05) is 11.9 Å². The van der Waals surface area contributed by atoms with Gasteiger partial charge in [0.2, 0.25) is 0 Å². The van der Waals surface area contributed by atoms with Gasteiger partial charge in [0, 0.05) is 23.7 Å². The Morgan fingerprint density at radius 2 is 1.27 bits per heavy atom. The molecule has 0 spiro atoms. The van der Waals surface area contributed by atoms with Gasteiger partial charge in [0.1, 0.15) is 30.9 Å². The lowest BCUT2D eigenvalue weighted by atomic mass is 10.1. The molecule has 0 bridgehead atoms. The molecule has 0 aliphatic carbocycles. The summed E-state index contributed by atoms with van der Waals surface area (Å²) in [4.78, 5) is 71.0. The van der Waals surface area contributed by atoms with Crippen LogP contribution < -0.4 is 11.0 Å². The molecule has 1 N–H and O–H groups in total. The average Bonchev–Trinajstić information content (AvgIpc) is 3.78. The minimum Gasteiger partial charge on any atom is -0.459 e. The summed E-state index contributed by atoms with van der Waals surface area (Å²) in [5.74, 6) is -2.48. The normalized spacial score (nSPS) is 16.7. The van der Waals surface area contributed by atoms with E-state index in [9.17, 15) is 24.0 Å². The number of carbonyl (C=O) groups is 4. The Morgan fingerprint density at radius 3 is 1.88 bits per heavy atom. The number of aromatic nitrogens is 3. The topological polar surface area (TPSA) is 148 Å². The molecule has 12 heteroatoms. The van der Waals surface area contributed by atoms with Crippen molar-refractivity contribution in [2.45, 2.75) is 24.9 Å².